The minimum absolute atomic E-state index is 0.0101. The third kappa shape index (κ3) is 5.65. The molecule has 2 saturated heterocycles. The summed E-state index contributed by atoms with van der Waals surface area (Å²) in [6.45, 7) is 23.4. The summed E-state index contributed by atoms with van der Waals surface area (Å²) in [4.78, 5) is 44.4. The van der Waals surface area contributed by atoms with Gasteiger partial charge in [0.25, 0.3) is 5.91 Å². The van der Waals surface area contributed by atoms with Gasteiger partial charge < -0.3 is 14.4 Å². The fraction of sp³-hybridized carbons (Fsp3) is 0.617. The first-order valence-electron chi connectivity index (χ1n) is 21.3. The monoisotopic (exact) mass is 759 g/mol. The van der Waals surface area contributed by atoms with Gasteiger partial charge in [-0.1, -0.05) is 45.9 Å². The first-order chi connectivity index (χ1) is 26.7. The van der Waals surface area contributed by atoms with Gasteiger partial charge in [-0.05, 0) is 121 Å². The molecule has 4 fully saturated rings. The van der Waals surface area contributed by atoms with Crippen LogP contribution < -0.4 is 0 Å². The van der Waals surface area contributed by atoms with Crippen LogP contribution in [0.25, 0.3) is 33.7 Å². The van der Waals surface area contributed by atoms with Crippen LogP contribution in [-0.4, -0.2) is 109 Å². The van der Waals surface area contributed by atoms with Crippen LogP contribution in [0.15, 0.2) is 36.4 Å². The first-order valence-corrected chi connectivity index (χ1v) is 21.3. The number of piperazine rings is 1. The predicted octanol–water partition coefficient (Wildman–Crippen LogP) is 7.79. The number of nitrogens with zero attached hydrogens (tertiary/aromatic N) is 5. The quantitative estimate of drug-likeness (QED) is 0.193. The summed E-state index contributed by atoms with van der Waals surface area (Å²) in [6, 6.07) is 8.12. The van der Waals surface area contributed by atoms with E-state index in [4.69, 9.17) is 19.4 Å². The number of esters is 1. The Hall–Kier alpha value is -3.66. The van der Waals surface area contributed by atoms with E-state index < -0.39 is 5.41 Å². The third-order valence-corrected chi connectivity index (χ3v) is 16.7. The predicted molar refractivity (Wildman–Crippen MR) is 222 cm³/mol. The van der Waals surface area contributed by atoms with Gasteiger partial charge in [0, 0.05) is 63.3 Å². The molecule has 9 nitrogen and oxygen atoms in total. The largest absolute Gasteiger partial charge is 0.469 e. The van der Waals surface area contributed by atoms with E-state index in [0.717, 1.165) is 125 Å². The standard InChI is InChI=1S/C47H61N5O4/c1-31-33-10-12-45(4)35(11-13-46(5)39-30-44(3,42(54)55-7)15-14-43(39,2)16-17-47(45,46)6)34(33)29-38-40(31)49-36-9-8-32(28-37(36)48-38)41(53)52-22-20-50(21-23-52)18-19-51-24-26-56-27-25-51/h8-12,28-29,39H,13-27,30H2,1-7H3/t39-,43-,44-,45-,46+,47-/m1/s1. The molecule has 9 rings (SSSR count). The zero-order valence-electron chi connectivity index (χ0n) is 34.8. The highest BCUT2D eigenvalue weighted by Crippen LogP contribution is 2.76. The Morgan fingerprint density at radius 2 is 1.57 bits per heavy atom. The number of benzene rings is 2. The third-order valence-electron chi connectivity index (χ3n) is 16.7. The molecule has 3 aromatic rings. The average Bonchev–Trinajstić information content (AvgIpc) is 3.21. The van der Waals surface area contributed by atoms with Gasteiger partial charge in [0.05, 0.1) is 47.8 Å². The van der Waals surface area contributed by atoms with Crippen LogP contribution in [0.1, 0.15) is 100 Å². The number of hydrogen-bond donors (Lipinski definition) is 0. The van der Waals surface area contributed by atoms with Crippen molar-refractivity contribution < 1.29 is 19.1 Å². The Balaban J connectivity index is 1.00. The van der Waals surface area contributed by atoms with Gasteiger partial charge in [0.2, 0.25) is 0 Å². The van der Waals surface area contributed by atoms with Crippen molar-refractivity contribution in [1.29, 1.82) is 0 Å². The Kier molecular flexibility index (Phi) is 9.10. The summed E-state index contributed by atoms with van der Waals surface area (Å²) in [5.74, 6) is 0.426. The minimum Gasteiger partial charge on any atom is -0.469 e. The molecule has 0 spiro atoms. The molecule has 0 N–H and O–H groups in total. The molecule has 6 atom stereocenters. The zero-order chi connectivity index (χ0) is 39.3. The summed E-state index contributed by atoms with van der Waals surface area (Å²) in [5, 5.41) is 0. The molecule has 298 valence electrons. The molecule has 2 aromatic carbocycles. The number of fused-ring (bicyclic) bond motifs is 9. The van der Waals surface area contributed by atoms with Crippen LogP contribution in [0, 0.1) is 39.9 Å². The number of carbonyl (C=O) groups excluding carboxylic acids is 2. The highest BCUT2D eigenvalue weighted by Gasteiger charge is 2.68. The number of amides is 1. The van der Waals surface area contributed by atoms with Crippen molar-refractivity contribution in [3.8, 4) is 0 Å². The molecular formula is C47H61N5O4. The number of ether oxygens (including phenoxy) is 2. The van der Waals surface area contributed by atoms with Crippen LogP contribution in [0.3, 0.4) is 0 Å². The smallest absolute Gasteiger partial charge is 0.311 e. The second kappa shape index (κ2) is 13.5. The lowest BCUT2D eigenvalue weighted by Crippen LogP contribution is -2.63. The molecule has 9 heteroatoms. The lowest BCUT2D eigenvalue weighted by molar-refractivity contribution is -0.190. The Bertz CT molecular complexity index is 2170. The van der Waals surface area contributed by atoms with Gasteiger partial charge in [-0.25, -0.2) is 9.97 Å². The van der Waals surface area contributed by atoms with Crippen LogP contribution >= 0.6 is 0 Å². The van der Waals surface area contributed by atoms with Crippen molar-refractivity contribution in [2.24, 2.45) is 33.0 Å². The summed E-state index contributed by atoms with van der Waals surface area (Å²) in [7, 11) is 1.55. The first kappa shape index (κ1) is 37.9. The molecule has 6 aliphatic rings. The maximum Gasteiger partial charge on any atom is 0.311 e. The summed E-state index contributed by atoms with van der Waals surface area (Å²) in [6.07, 6.45) is 13.5. The van der Waals surface area contributed by atoms with E-state index in [1.54, 1.807) is 7.11 Å². The lowest BCUT2D eigenvalue weighted by Gasteiger charge is -2.70. The van der Waals surface area contributed by atoms with Crippen molar-refractivity contribution >= 4 is 45.6 Å². The summed E-state index contributed by atoms with van der Waals surface area (Å²) < 4.78 is 10.9. The van der Waals surface area contributed by atoms with Crippen molar-refractivity contribution in [1.82, 2.24) is 24.7 Å². The van der Waals surface area contributed by atoms with Crippen LogP contribution in [0.4, 0.5) is 0 Å². The zero-order valence-corrected chi connectivity index (χ0v) is 34.8. The van der Waals surface area contributed by atoms with E-state index in [-0.39, 0.29) is 33.5 Å². The topological polar surface area (TPSA) is 88.1 Å². The molecule has 3 heterocycles. The van der Waals surface area contributed by atoms with Gasteiger partial charge >= 0.3 is 5.97 Å². The SMILES string of the molecule is COC(=O)[C@]1(C)CC[C@]2(C)CC[C@@]3(C)[C@@](C)(CC=C4c5cc6nc7cc(C(=O)N8CCN(CCN9CCOCC9)CC8)ccc7nc6c(C)c5C=C[C@]43C)[C@@H]2C1. The number of hydrogen-bond acceptors (Lipinski definition) is 8. The van der Waals surface area contributed by atoms with E-state index in [1.165, 1.54) is 23.1 Å². The number of rotatable bonds is 5. The number of methoxy groups -OCH3 is 1. The Morgan fingerprint density at radius 3 is 2.30 bits per heavy atom. The van der Waals surface area contributed by atoms with Crippen LogP contribution in [-0.2, 0) is 14.3 Å². The van der Waals surface area contributed by atoms with E-state index >= 15 is 0 Å². The van der Waals surface area contributed by atoms with Gasteiger partial charge in [0.1, 0.15) is 0 Å². The maximum atomic E-state index is 13.8. The summed E-state index contributed by atoms with van der Waals surface area (Å²) >= 11 is 0. The Labute approximate surface area is 332 Å². The molecule has 1 amide bonds. The van der Waals surface area contributed by atoms with E-state index in [0.29, 0.717) is 11.5 Å². The molecule has 1 aromatic heterocycles. The van der Waals surface area contributed by atoms with Crippen molar-refractivity contribution in [3.05, 3.63) is 58.7 Å². The molecule has 0 bridgehead atoms. The van der Waals surface area contributed by atoms with Crippen molar-refractivity contribution in [2.45, 2.75) is 80.1 Å². The van der Waals surface area contributed by atoms with Crippen molar-refractivity contribution in [2.75, 3.05) is 72.7 Å². The van der Waals surface area contributed by atoms with Crippen molar-refractivity contribution in [3.63, 3.8) is 0 Å². The lowest BCUT2D eigenvalue weighted by atomic mass is 9.33. The fourth-order valence-electron chi connectivity index (χ4n) is 12.4. The maximum absolute atomic E-state index is 13.8. The average molecular weight is 760 g/mol. The summed E-state index contributed by atoms with van der Waals surface area (Å²) in [5.41, 5.74) is 8.64. The highest BCUT2D eigenvalue weighted by molar-refractivity contribution is 6.00. The molecular weight excluding hydrogens is 699 g/mol. The van der Waals surface area contributed by atoms with Gasteiger partial charge in [-0.3, -0.25) is 19.4 Å². The van der Waals surface area contributed by atoms with Gasteiger partial charge in [-0.2, -0.15) is 0 Å². The molecule has 0 unspecified atom stereocenters. The van der Waals surface area contributed by atoms with Gasteiger partial charge in [-0.15, -0.1) is 0 Å². The fourth-order valence-corrected chi connectivity index (χ4v) is 12.4. The number of allylic oxidation sites excluding steroid dienone is 3. The van der Waals surface area contributed by atoms with E-state index in [2.05, 4.69) is 75.6 Å². The number of aryl methyl sites for hydroxylation is 1. The number of morpholine rings is 1. The molecule has 2 aliphatic heterocycles. The van der Waals surface area contributed by atoms with E-state index in [1.807, 2.05) is 23.1 Å². The normalized spacial score (nSPS) is 34.7. The second-order valence-electron chi connectivity index (χ2n) is 19.4. The molecule has 56 heavy (non-hydrogen) atoms. The van der Waals surface area contributed by atoms with Gasteiger partial charge in [0.15, 0.2) is 0 Å². The molecule has 2 saturated carbocycles. The Morgan fingerprint density at radius 1 is 0.857 bits per heavy atom. The highest BCUT2D eigenvalue weighted by atomic mass is 16.5. The minimum atomic E-state index is -0.444. The molecule has 4 aliphatic carbocycles. The second-order valence-corrected chi connectivity index (χ2v) is 19.4. The molecule has 0 radical (unpaired) electrons. The van der Waals surface area contributed by atoms with E-state index in [9.17, 15) is 9.59 Å². The number of carbonyl (C=O) groups is 2. The number of aromatic nitrogens is 2. The van der Waals surface area contributed by atoms with Crippen LogP contribution in [0.5, 0.6) is 0 Å². The van der Waals surface area contributed by atoms with Crippen LogP contribution in [0.2, 0.25) is 0 Å².